The minimum absolute atomic E-state index is 0.0768. The predicted octanol–water partition coefficient (Wildman–Crippen LogP) is 5.44. The molecular formula is C30H29ClFN5O5S. The number of fused-ring (bicyclic) bond motifs is 2. The van der Waals surface area contributed by atoms with E-state index in [1.807, 2.05) is 6.07 Å². The molecule has 0 bridgehead atoms. The number of halogens is 2. The van der Waals surface area contributed by atoms with E-state index in [0.717, 1.165) is 53.7 Å². The molecule has 2 aromatic carbocycles. The molecule has 13 heteroatoms. The fourth-order valence-electron chi connectivity index (χ4n) is 6.20. The summed E-state index contributed by atoms with van der Waals surface area (Å²) in [7, 11) is 0. The predicted molar refractivity (Wildman–Crippen MR) is 158 cm³/mol. The molecule has 3 N–H and O–H groups in total. The SMILES string of the molecule is O=C1CCC(N2Cc3c(ccc(NC(=O)N[C@@H](c4nc5c(OC6CCCC6)cc(Cl)cc5s4)C4CC4)c3F)C2=O)C(=O)N1. The van der Waals surface area contributed by atoms with E-state index in [4.69, 9.17) is 21.3 Å². The zero-order valence-electron chi connectivity index (χ0n) is 23.1. The Bertz CT molecular complexity index is 1670. The maximum atomic E-state index is 15.6. The van der Waals surface area contributed by atoms with E-state index < -0.39 is 35.6 Å². The first-order valence-electron chi connectivity index (χ1n) is 14.6. The molecule has 1 unspecified atom stereocenters. The van der Waals surface area contributed by atoms with Crippen LogP contribution in [-0.2, 0) is 16.1 Å². The molecule has 3 aromatic rings. The van der Waals surface area contributed by atoms with Crippen molar-refractivity contribution in [2.75, 3.05) is 5.32 Å². The second kappa shape index (κ2) is 11.1. The highest BCUT2D eigenvalue weighted by Crippen LogP contribution is 2.45. The van der Waals surface area contributed by atoms with Crippen LogP contribution >= 0.6 is 22.9 Å². The third kappa shape index (κ3) is 5.42. The molecule has 2 aliphatic heterocycles. The van der Waals surface area contributed by atoms with Gasteiger partial charge in [0.2, 0.25) is 11.8 Å². The Kier molecular flexibility index (Phi) is 7.21. The van der Waals surface area contributed by atoms with Crippen molar-refractivity contribution in [3.05, 3.63) is 51.2 Å². The average Bonchev–Trinajstić information content (AvgIpc) is 3.34. The Balaban J connectivity index is 1.08. The maximum absolute atomic E-state index is 15.6. The molecule has 2 atom stereocenters. The molecule has 0 radical (unpaired) electrons. The lowest BCUT2D eigenvalue weighted by atomic mass is 10.0. The highest BCUT2D eigenvalue weighted by atomic mass is 35.5. The Morgan fingerprint density at radius 2 is 1.93 bits per heavy atom. The van der Waals surface area contributed by atoms with Crippen LogP contribution in [0.3, 0.4) is 0 Å². The van der Waals surface area contributed by atoms with E-state index >= 15 is 4.39 Å². The van der Waals surface area contributed by atoms with Gasteiger partial charge in [0, 0.05) is 28.6 Å². The second-order valence-electron chi connectivity index (χ2n) is 11.6. The number of thiazole rings is 1. The van der Waals surface area contributed by atoms with Crippen LogP contribution in [-0.4, -0.2) is 45.8 Å². The number of hydrogen-bond donors (Lipinski definition) is 3. The number of aromatic nitrogens is 1. The Labute approximate surface area is 255 Å². The molecule has 1 saturated heterocycles. The first kappa shape index (κ1) is 28.0. The van der Waals surface area contributed by atoms with Crippen LogP contribution in [0.15, 0.2) is 24.3 Å². The number of nitrogens with zero attached hydrogens (tertiary/aromatic N) is 2. The fourth-order valence-corrected chi connectivity index (χ4v) is 7.65. The lowest BCUT2D eigenvalue weighted by Gasteiger charge is -2.29. The van der Waals surface area contributed by atoms with E-state index in [-0.39, 0.29) is 54.3 Å². The lowest BCUT2D eigenvalue weighted by Crippen LogP contribution is -2.52. The first-order chi connectivity index (χ1) is 20.7. The molecule has 10 nitrogen and oxygen atoms in total. The van der Waals surface area contributed by atoms with Crippen LogP contribution in [0.1, 0.15) is 78.3 Å². The first-order valence-corrected chi connectivity index (χ1v) is 15.7. The van der Waals surface area contributed by atoms with Crippen molar-refractivity contribution in [1.29, 1.82) is 0 Å². The van der Waals surface area contributed by atoms with Crippen molar-refractivity contribution in [1.82, 2.24) is 20.5 Å². The molecule has 2 aliphatic carbocycles. The summed E-state index contributed by atoms with van der Waals surface area (Å²) in [5.41, 5.74) is 0.878. The monoisotopic (exact) mass is 625 g/mol. The van der Waals surface area contributed by atoms with Crippen LogP contribution in [0.2, 0.25) is 5.02 Å². The van der Waals surface area contributed by atoms with E-state index in [1.165, 1.54) is 28.4 Å². The molecule has 224 valence electrons. The van der Waals surface area contributed by atoms with Gasteiger partial charge in [-0.3, -0.25) is 19.7 Å². The molecule has 2 saturated carbocycles. The number of anilines is 1. The number of carbonyl (C=O) groups excluding carboxylic acids is 4. The number of amides is 5. The smallest absolute Gasteiger partial charge is 0.319 e. The third-order valence-corrected chi connectivity index (χ3v) is 9.88. The number of carbonyl (C=O) groups is 4. The van der Waals surface area contributed by atoms with Crippen LogP contribution in [0, 0.1) is 11.7 Å². The molecule has 7 rings (SSSR count). The van der Waals surface area contributed by atoms with Crippen molar-refractivity contribution in [2.24, 2.45) is 5.92 Å². The van der Waals surface area contributed by atoms with Gasteiger partial charge in [-0.25, -0.2) is 14.2 Å². The van der Waals surface area contributed by atoms with Crippen molar-refractivity contribution in [3.63, 3.8) is 0 Å². The lowest BCUT2D eigenvalue weighted by molar-refractivity contribution is -0.136. The van der Waals surface area contributed by atoms with Gasteiger partial charge in [-0.1, -0.05) is 11.6 Å². The molecule has 5 amide bonds. The Hall–Kier alpha value is -3.77. The number of imide groups is 1. The summed E-state index contributed by atoms with van der Waals surface area (Å²) < 4.78 is 22.8. The second-order valence-corrected chi connectivity index (χ2v) is 13.1. The van der Waals surface area contributed by atoms with Crippen LogP contribution in [0.5, 0.6) is 5.75 Å². The number of nitrogens with one attached hydrogen (secondary N) is 3. The van der Waals surface area contributed by atoms with Crippen molar-refractivity contribution >= 4 is 62.6 Å². The van der Waals surface area contributed by atoms with Gasteiger partial charge in [0.25, 0.3) is 5.91 Å². The Morgan fingerprint density at radius 1 is 1.14 bits per heavy atom. The van der Waals surface area contributed by atoms with Crippen molar-refractivity contribution < 1.29 is 28.3 Å². The summed E-state index contributed by atoms with van der Waals surface area (Å²) in [6.45, 7) is -0.131. The van der Waals surface area contributed by atoms with Crippen LogP contribution in [0.25, 0.3) is 10.2 Å². The van der Waals surface area contributed by atoms with Gasteiger partial charge < -0.3 is 20.3 Å². The Morgan fingerprint density at radius 3 is 2.67 bits per heavy atom. The van der Waals surface area contributed by atoms with Gasteiger partial charge in [0.05, 0.1) is 29.1 Å². The molecular weight excluding hydrogens is 597 g/mol. The largest absolute Gasteiger partial charge is 0.488 e. The topological polar surface area (TPSA) is 130 Å². The van der Waals surface area contributed by atoms with Gasteiger partial charge in [-0.05, 0) is 69.1 Å². The highest BCUT2D eigenvalue weighted by molar-refractivity contribution is 7.18. The number of benzene rings is 2. The summed E-state index contributed by atoms with van der Waals surface area (Å²) in [5, 5.41) is 9.10. The van der Waals surface area contributed by atoms with Crippen LogP contribution < -0.4 is 20.7 Å². The minimum Gasteiger partial charge on any atom is -0.488 e. The van der Waals surface area contributed by atoms with Crippen LogP contribution in [0.4, 0.5) is 14.9 Å². The summed E-state index contributed by atoms with van der Waals surface area (Å²) >= 11 is 7.86. The summed E-state index contributed by atoms with van der Waals surface area (Å²) in [4.78, 5) is 56.2. The standard InChI is InChI=1S/C30H29ClFN5O5S/c31-15-11-21(42-16-3-1-2-4-16)26-22(12-15)43-28(35-26)25(14-5-6-14)36-30(41)33-19-8-7-17-18(24(19)32)13-37(29(17)40)20-9-10-23(38)34-27(20)39/h7-8,11-12,14,16,20,25H,1-6,9-10,13H2,(H2,33,36,41)(H,34,38,39)/t20?,25-/m1/s1. The molecule has 1 aromatic heterocycles. The number of piperidine rings is 1. The molecule has 0 spiro atoms. The zero-order chi connectivity index (χ0) is 29.8. The summed E-state index contributed by atoms with van der Waals surface area (Å²) in [5.74, 6) is -1.34. The van der Waals surface area contributed by atoms with Gasteiger partial charge >= 0.3 is 6.03 Å². The molecule has 4 aliphatic rings. The molecule has 43 heavy (non-hydrogen) atoms. The molecule has 3 heterocycles. The highest BCUT2D eigenvalue weighted by Gasteiger charge is 2.41. The van der Waals surface area contributed by atoms with Gasteiger partial charge in [0.1, 0.15) is 22.3 Å². The van der Waals surface area contributed by atoms with Crippen molar-refractivity contribution in [2.45, 2.75) is 76.1 Å². The quantitative estimate of drug-likeness (QED) is 0.300. The number of rotatable bonds is 7. The third-order valence-electron chi connectivity index (χ3n) is 8.58. The van der Waals surface area contributed by atoms with E-state index in [9.17, 15) is 19.2 Å². The van der Waals surface area contributed by atoms with Crippen molar-refractivity contribution in [3.8, 4) is 5.75 Å². The summed E-state index contributed by atoms with van der Waals surface area (Å²) in [6.07, 6.45) is 6.55. The fraction of sp³-hybridized carbons (Fsp3) is 0.433. The van der Waals surface area contributed by atoms with E-state index in [1.54, 1.807) is 6.07 Å². The normalized spacial score (nSPS) is 21.2. The average molecular weight is 626 g/mol. The molecule has 3 fully saturated rings. The van der Waals surface area contributed by atoms with Gasteiger partial charge in [0.15, 0.2) is 5.82 Å². The minimum atomic E-state index is -0.858. The van der Waals surface area contributed by atoms with Gasteiger partial charge in [-0.2, -0.15) is 0 Å². The van der Waals surface area contributed by atoms with Gasteiger partial charge in [-0.15, -0.1) is 11.3 Å². The van der Waals surface area contributed by atoms with E-state index in [2.05, 4.69) is 16.0 Å². The zero-order valence-corrected chi connectivity index (χ0v) is 24.7. The number of ether oxygens (including phenoxy) is 1. The maximum Gasteiger partial charge on any atom is 0.319 e. The number of urea groups is 1. The van der Waals surface area contributed by atoms with E-state index in [0.29, 0.717) is 10.8 Å². The number of hydrogen-bond acceptors (Lipinski definition) is 7. The summed E-state index contributed by atoms with van der Waals surface area (Å²) in [6, 6.07) is 4.61.